The zero-order chi connectivity index (χ0) is 23.5. The fourth-order valence-electron chi connectivity index (χ4n) is 3.78. The number of halogens is 2. The minimum Gasteiger partial charge on any atom is -0.377 e. The number of carbonyl (C=O) groups excluding carboxylic acids is 2. The molecule has 1 N–H and O–H groups in total. The standard InChI is InChI=1S/C26H25ClFN3O2/c1-30(2)24-13-10-20(29-25(32)17-6-5-7-19(28)14-17)15-18(24)16-31(21-11-12-21)26(33)22-8-3-4-9-23(22)27/h3-10,13-15,21H,11-12,16H2,1-2H3,(H,29,32). The number of carbonyl (C=O) groups is 2. The highest BCUT2D eigenvalue weighted by Gasteiger charge is 2.34. The number of hydrogen-bond acceptors (Lipinski definition) is 3. The summed E-state index contributed by atoms with van der Waals surface area (Å²) in [6.07, 6.45) is 1.90. The van der Waals surface area contributed by atoms with Crippen molar-refractivity contribution in [3.8, 4) is 0 Å². The molecule has 0 saturated heterocycles. The summed E-state index contributed by atoms with van der Waals surface area (Å²) in [7, 11) is 3.86. The molecule has 1 saturated carbocycles. The molecule has 0 aliphatic heterocycles. The minimum atomic E-state index is -0.468. The Morgan fingerprint density at radius 3 is 2.45 bits per heavy atom. The van der Waals surface area contributed by atoms with Crippen molar-refractivity contribution in [1.29, 1.82) is 0 Å². The lowest BCUT2D eigenvalue weighted by atomic mass is 10.1. The van der Waals surface area contributed by atoms with Gasteiger partial charge in [-0.05, 0) is 66.9 Å². The molecule has 1 fully saturated rings. The van der Waals surface area contributed by atoms with Gasteiger partial charge in [0.25, 0.3) is 11.8 Å². The van der Waals surface area contributed by atoms with Crippen molar-refractivity contribution in [2.75, 3.05) is 24.3 Å². The van der Waals surface area contributed by atoms with Crippen LogP contribution in [0.4, 0.5) is 15.8 Å². The van der Waals surface area contributed by atoms with E-state index in [4.69, 9.17) is 11.6 Å². The molecule has 0 spiro atoms. The topological polar surface area (TPSA) is 52.7 Å². The third kappa shape index (κ3) is 5.34. The van der Waals surface area contributed by atoms with Crippen molar-refractivity contribution in [2.45, 2.75) is 25.4 Å². The summed E-state index contributed by atoms with van der Waals surface area (Å²) in [5.74, 6) is -0.976. The first-order valence-electron chi connectivity index (χ1n) is 10.8. The van der Waals surface area contributed by atoms with E-state index in [1.54, 1.807) is 36.4 Å². The van der Waals surface area contributed by atoms with Crippen LogP contribution in [0.2, 0.25) is 5.02 Å². The van der Waals surface area contributed by atoms with Gasteiger partial charge in [0.2, 0.25) is 0 Å². The monoisotopic (exact) mass is 465 g/mol. The number of benzene rings is 3. The first kappa shape index (κ1) is 22.8. The van der Waals surface area contributed by atoms with E-state index in [1.807, 2.05) is 36.0 Å². The molecule has 7 heteroatoms. The quantitative estimate of drug-likeness (QED) is 0.494. The van der Waals surface area contributed by atoms with Crippen LogP contribution in [0.15, 0.2) is 66.7 Å². The van der Waals surface area contributed by atoms with Crippen LogP contribution in [0.25, 0.3) is 0 Å². The summed E-state index contributed by atoms with van der Waals surface area (Å²) in [5, 5.41) is 3.26. The molecule has 0 atom stereocenters. The molecule has 0 radical (unpaired) electrons. The molecule has 3 aromatic rings. The molecule has 170 valence electrons. The van der Waals surface area contributed by atoms with Gasteiger partial charge in [-0.2, -0.15) is 0 Å². The predicted octanol–water partition coefficient (Wildman–Crippen LogP) is 5.60. The van der Waals surface area contributed by atoms with Crippen LogP contribution in [0.3, 0.4) is 0 Å². The molecule has 1 aliphatic rings. The highest BCUT2D eigenvalue weighted by molar-refractivity contribution is 6.33. The molecule has 0 bridgehead atoms. The Morgan fingerprint density at radius 2 is 1.79 bits per heavy atom. The van der Waals surface area contributed by atoms with Crippen LogP contribution in [0, 0.1) is 5.82 Å². The molecular weight excluding hydrogens is 441 g/mol. The van der Waals surface area contributed by atoms with E-state index in [-0.39, 0.29) is 17.5 Å². The van der Waals surface area contributed by atoms with Crippen LogP contribution in [0.1, 0.15) is 39.1 Å². The van der Waals surface area contributed by atoms with Crippen LogP contribution in [-0.2, 0) is 6.54 Å². The van der Waals surface area contributed by atoms with Gasteiger partial charge >= 0.3 is 0 Å². The highest BCUT2D eigenvalue weighted by Crippen LogP contribution is 2.33. The van der Waals surface area contributed by atoms with Crippen molar-refractivity contribution in [1.82, 2.24) is 4.90 Å². The molecule has 5 nitrogen and oxygen atoms in total. The molecule has 4 rings (SSSR count). The molecule has 0 unspecified atom stereocenters. The Morgan fingerprint density at radius 1 is 1.03 bits per heavy atom. The number of nitrogens with zero attached hydrogens (tertiary/aromatic N) is 2. The van der Waals surface area contributed by atoms with Gasteiger partial charge in [0.15, 0.2) is 0 Å². The van der Waals surface area contributed by atoms with Crippen LogP contribution >= 0.6 is 11.6 Å². The number of amides is 2. The Hall–Kier alpha value is -3.38. The molecule has 33 heavy (non-hydrogen) atoms. The fraction of sp³-hybridized carbons (Fsp3) is 0.231. The van der Waals surface area contributed by atoms with E-state index < -0.39 is 11.7 Å². The average molecular weight is 466 g/mol. The minimum absolute atomic E-state index is 0.109. The summed E-state index contributed by atoms with van der Waals surface area (Å²) in [5.41, 5.74) is 3.13. The zero-order valence-electron chi connectivity index (χ0n) is 18.5. The predicted molar refractivity (Wildman–Crippen MR) is 129 cm³/mol. The third-order valence-electron chi connectivity index (χ3n) is 5.60. The van der Waals surface area contributed by atoms with Gasteiger partial charge in [-0.15, -0.1) is 0 Å². The summed E-state index contributed by atoms with van der Waals surface area (Å²) in [6, 6.07) is 18.3. The van der Waals surface area contributed by atoms with Gasteiger partial charge in [-0.3, -0.25) is 9.59 Å². The normalized spacial score (nSPS) is 12.8. The second kappa shape index (κ2) is 9.63. The third-order valence-corrected chi connectivity index (χ3v) is 5.93. The van der Waals surface area contributed by atoms with Crippen molar-refractivity contribution in [3.05, 3.63) is 94.3 Å². The number of anilines is 2. The summed E-state index contributed by atoms with van der Waals surface area (Å²) >= 11 is 6.29. The maximum absolute atomic E-state index is 13.5. The highest BCUT2D eigenvalue weighted by atomic mass is 35.5. The van der Waals surface area contributed by atoms with E-state index in [2.05, 4.69) is 5.32 Å². The fourth-order valence-corrected chi connectivity index (χ4v) is 4.00. The molecule has 0 aromatic heterocycles. The van der Waals surface area contributed by atoms with Gasteiger partial charge < -0.3 is 15.1 Å². The van der Waals surface area contributed by atoms with Gasteiger partial charge in [0.05, 0.1) is 10.6 Å². The SMILES string of the molecule is CN(C)c1ccc(NC(=O)c2cccc(F)c2)cc1CN(C(=O)c1ccccc1Cl)C1CC1. The van der Waals surface area contributed by atoms with Crippen molar-refractivity contribution in [2.24, 2.45) is 0 Å². The summed E-state index contributed by atoms with van der Waals surface area (Å²) in [6.45, 7) is 0.381. The lowest BCUT2D eigenvalue weighted by molar-refractivity contribution is 0.0730. The molecule has 3 aromatic carbocycles. The molecule has 2 amide bonds. The van der Waals surface area contributed by atoms with Crippen LogP contribution in [0.5, 0.6) is 0 Å². The van der Waals surface area contributed by atoms with E-state index in [1.165, 1.54) is 18.2 Å². The second-order valence-corrected chi connectivity index (χ2v) is 8.75. The second-order valence-electron chi connectivity index (χ2n) is 8.35. The lowest BCUT2D eigenvalue weighted by Crippen LogP contribution is -2.33. The molecular formula is C26H25ClFN3O2. The largest absolute Gasteiger partial charge is 0.377 e. The van der Waals surface area contributed by atoms with Crippen molar-refractivity contribution in [3.63, 3.8) is 0 Å². The summed E-state index contributed by atoms with van der Waals surface area (Å²) in [4.78, 5) is 29.8. The number of rotatable bonds is 7. The summed E-state index contributed by atoms with van der Waals surface area (Å²) < 4.78 is 13.5. The average Bonchev–Trinajstić information content (AvgIpc) is 3.62. The maximum Gasteiger partial charge on any atom is 0.255 e. The Kier molecular flexibility index (Phi) is 6.65. The lowest BCUT2D eigenvalue weighted by Gasteiger charge is -2.26. The van der Waals surface area contributed by atoms with E-state index in [0.29, 0.717) is 22.8 Å². The van der Waals surface area contributed by atoms with Crippen molar-refractivity contribution < 1.29 is 14.0 Å². The maximum atomic E-state index is 13.5. The van der Waals surface area contributed by atoms with Gasteiger partial charge in [0, 0.05) is 43.6 Å². The first-order chi connectivity index (χ1) is 15.8. The van der Waals surface area contributed by atoms with Gasteiger partial charge in [-0.1, -0.05) is 29.8 Å². The Bertz CT molecular complexity index is 1190. The van der Waals surface area contributed by atoms with E-state index in [0.717, 1.165) is 24.1 Å². The van der Waals surface area contributed by atoms with Gasteiger partial charge in [0.1, 0.15) is 5.82 Å². The Balaban J connectivity index is 1.62. The van der Waals surface area contributed by atoms with E-state index >= 15 is 0 Å². The Labute approximate surface area is 197 Å². The number of nitrogens with one attached hydrogen (secondary N) is 1. The molecule has 1 aliphatic carbocycles. The zero-order valence-corrected chi connectivity index (χ0v) is 19.3. The van der Waals surface area contributed by atoms with Crippen LogP contribution < -0.4 is 10.2 Å². The first-order valence-corrected chi connectivity index (χ1v) is 11.1. The van der Waals surface area contributed by atoms with Crippen LogP contribution in [-0.4, -0.2) is 36.9 Å². The van der Waals surface area contributed by atoms with Crippen molar-refractivity contribution >= 4 is 34.8 Å². The smallest absolute Gasteiger partial charge is 0.255 e. The van der Waals surface area contributed by atoms with E-state index in [9.17, 15) is 14.0 Å². The van der Waals surface area contributed by atoms with Gasteiger partial charge in [-0.25, -0.2) is 4.39 Å². The number of hydrogen-bond donors (Lipinski definition) is 1. The molecule has 0 heterocycles.